The van der Waals surface area contributed by atoms with Crippen LogP contribution >= 0.6 is 0 Å². The second-order valence-electron chi connectivity index (χ2n) is 18.8. The number of benzene rings is 8. The minimum absolute atomic E-state index is 0.0716. The number of carbonyl (C=O) groups is 4. The van der Waals surface area contributed by atoms with Crippen molar-refractivity contribution in [3.8, 4) is 103 Å². The summed E-state index contributed by atoms with van der Waals surface area (Å²) in [6.45, 7) is 0. The summed E-state index contributed by atoms with van der Waals surface area (Å²) in [5.74, 6) is 0.0991. The minimum Gasteiger partial charge on any atom is -0.507 e. The maximum atomic E-state index is 14.1. The van der Waals surface area contributed by atoms with Gasteiger partial charge in [0.25, 0.3) is 0 Å². The Balaban J connectivity index is 1.34. The van der Waals surface area contributed by atoms with Gasteiger partial charge >= 0.3 is 0 Å². The molecule has 0 aliphatic rings. The Morgan fingerprint density at radius 1 is 0.322 bits per heavy atom. The fourth-order valence-electron chi connectivity index (χ4n) is 9.66. The highest BCUT2D eigenvalue weighted by Gasteiger charge is 2.27. The fourth-order valence-corrected chi connectivity index (χ4v) is 9.66. The highest BCUT2D eigenvalue weighted by molar-refractivity contribution is 6.13. The molecule has 0 saturated heterocycles. The van der Waals surface area contributed by atoms with Gasteiger partial charge < -0.3 is 62.3 Å². The van der Waals surface area contributed by atoms with Gasteiger partial charge in [-0.3, -0.25) is 19.2 Å². The van der Waals surface area contributed by atoms with E-state index in [0.29, 0.717) is 55.6 Å². The molecule has 0 aliphatic heterocycles. The quantitative estimate of drug-likeness (QED) is 0.0381. The van der Waals surface area contributed by atoms with Gasteiger partial charge in [-0.2, -0.15) is 0 Å². The van der Waals surface area contributed by atoms with Crippen LogP contribution in [0.3, 0.4) is 0 Å². The fraction of sp³-hybridized carbons (Fsp3) is 0.143. The summed E-state index contributed by atoms with van der Waals surface area (Å²) in [7, 11) is 14.3. The van der Waals surface area contributed by atoms with E-state index >= 15 is 0 Å². The number of phenols is 2. The van der Waals surface area contributed by atoms with E-state index in [-0.39, 0.29) is 103 Å². The average molecular weight is 1180 g/mol. The first kappa shape index (κ1) is 61.9. The van der Waals surface area contributed by atoms with Crippen LogP contribution in [-0.2, 0) is 0 Å². The van der Waals surface area contributed by atoms with Crippen molar-refractivity contribution in [2.75, 3.05) is 71.1 Å². The molecule has 0 aromatic heterocycles. The lowest BCUT2D eigenvalue weighted by Gasteiger charge is -2.22. The topological polar surface area (TPSA) is 210 Å². The molecule has 0 amide bonds. The maximum absolute atomic E-state index is 14.1. The molecular weight excluding hydrogens is 1110 g/mol. The SMILES string of the molecule is COc1cc(O)c(C(=O)C=Cc2ccc(Oc3ccc(C=CC(=O)c4c(O)cc(OC)cc4OC)c(-c4c(OC)c(C=CC(=O)c5ccccc5)cc(OC)c4OC)c3)cc2-c2c(OC)c(C=CC(=O)c3ccccc3)cc(OC)c2OC)c(OC)c1. The Hall–Kier alpha value is -11.2. The van der Waals surface area contributed by atoms with Crippen LogP contribution in [0.15, 0.2) is 158 Å². The van der Waals surface area contributed by atoms with Crippen molar-refractivity contribution in [3.63, 3.8) is 0 Å². The lowest BCUT2D eigenvalue weighted by atomic mass is 9.93. The highest BCUT2D eigenvalue weighted by Crippen LogP contribution is 2.52. The van der Waals surface area contributed by atoms with Gasteiger partial charge in [0.15, 0.2) is 46.1 Å². The van der Waals surface area contributed by atoms with E-state index in [9.17, 15) is 29.4 Å². The first-order valence-corrected chi connectivity index (χ1v) is 26.7. The molecule has 17 heteroatoms. The van der Waals surface area contributed by atoms with Crippen molar-refractivity contribution in [2.24, 2.45) is 0 Å². The van der Waals surface area contributed by atoms with E-state index in [1.165, 1.54) is 120 Å². The highest BCUT2D eigenvalue weighted by atomic mass is 16.5. The second-order valence-corrected chi connectivity index (χ2v) is 18.8. The molecule has 0 unspecified atom stereocenters. The molecule has 0 bridgehead atoms. The lowest BCUT2D eigenvalue weighted by Crippen LogP contribution is -2.02. The van der Waals surface area contributed by atoms with Crippen LogP contribution in [-0.4, -0.2) is 104 Å². The third-order valence-electron chi connectivity index (χ3n) is 13.8. The molecule has 8 aromatic rings. The van der Waals surface area contributed by atoms with Crippen LogP contribution in [0.5, 0.6) is 80.5 Å². The van der Waals surface area contributed by atoms with Gasteiger partial charge in [0.05, 0.1) is 82.2 Å². The molecule has 17 nitrogen and oxygen atoms in total. The smallest absolute Gasteiger partial charge is 0.193 e. The molecule has 8 aromatic carbocycles. The molecule has 0 heterocycles. The van der Waals surface area contributed by atoms with Crippen LogP contribution in [0.1, 0.15) is 63.7 Å². The maximum Gasteiger partial charge on any atom is 0.193 e. The van der Waals surface area contributed by atoms with Crippen molar-refractivity contribution in [2.45, 2.75) is 0 Å². The molecule has 0 radical (unpaired) electrons. The summed E-state index contributed by atoms with van der Waals surface area (Å²) < 4.78 is 64.8. The van der Waals surface area contributed by atoms with Crippen molar-refractivity contribution in [1.82, 2.24) is 0 Å². The Bertz CT molecular complexity index is 3750. The van der Waals surface area contributed by atoms with Crippen molar-refractivity contribution >= 4 is 47.4 Å². The van der Waals surface area contributed by atoms with Crippen molar-refractivity contribution in [1.29, 1.82) is 0 Å². The van der Waals surface area contributed by atoms with Crippen molar-refractivity contribution < 1.29 is 81.5 Å². The number of methoxy groups -OCH3 is 10. The van der Waals surface area contributed by atoms with Gasteiger partial charge in [-0.1, -0.05) is 84.9 Å². The molecule has 87 heavy (non-hydrogen) atoms. The number of ketones is 4. The molecule has 0 spiro atoms. The number of hydrogen-bond donors (Lipinski definition) is 2. The monoisotopic (exact) mass is 1170 g/mol. The first-order chi connectivity index (χ1) is 42.2. The molecular formula is C70H62O17. The number of phenolic OH excluding ortho intramolecular Hbond substituents is 2. The number of rotatable bonds is 26. The zero-order valence-corrected chi connectivity index (χ0v) is 49.3. The third kappa shape index (κ3) is 13.6. The van der Waals surface area contributed by atoms with E-state index in [1.54, 1.807) is 121 Å². The molecule has 0 atom stereocenters. The molecule has 444 valence electrons. The number of hydrogen-bond acceptors (Lipinski definition) is 17. The summed E-state index contributed by atoms with van der Waals surface area (Å²) in [6.07, 6.45) is 11.7. The van der Waals surface area contributed by atoms with Gasteiger partial charge in [-0.25, -0.2) is 0 Å². The minimum atomic E-state index is -0.612. The summed E-state index contributed by atoms with van der Waals surface area (Å²) >= 11 is 0. The largest absolute Gasteiger partial charge is 0.507 e. The number of ether oxygens (including phenoxy) is 11. The van der Waals surface area contributed by atoms with E-state index < -0.39 is 11.6 Å². The summed E-state index contributed by atoms with van der Waals surface area (Å²) in [5.41, 5.74) is 3.80. The molecule has 8 rings (SSSR count). The van der Waals surface area contributed by atoms with Crippen LogP contribution < -0.4 is 52.1 Å². The molecule has 0 saturated carbocycles. The van der Waals surface area contributed by atoms with Crippen LogP contribution in [0.2, 0.25) is 0 Å². The normalized spacial score (nSPS) is 11.2. The van der Waals surface area contributed by atoms with Crippen LogP contribution in [0, 0.1) is 0 Å². The standard InChI is InChI=1S/C70H62O17/c1-77-49-37-57(75)65(59(39-49)79-3)55(73)31-23-41-21-27-47(35-51(41)63-67(83-7)45(33-61(81-5)69(63)85-9)25-29-53(71)43-17-13-11-14-18-43)87-48-28-22-42(24-32-56(74)66-58(76)38-50(78-2)40-60(66)80-4)52(36-48)64-68(84-8)46(34-62(82-6)70(64)86-10)26-30-54(72)44-19-15-12-16-20-44/h11-40,75-76H,1-10H3. The van der Waals surface area contributed by atoms with Gasteiger partial charge in [0, 0.05) is 57.6 Å². The van der Waals surface area contributed by atoms with E-state index in [2.05, 4.69) is 0 Å². The van der Waals surface area contributed by atoms with Gasteiger partial charge in [-0.05, 0) is 84.0 Å². The predicted molar refractivity (Wildman–Crippen MR) is 332 cm³/mol. The third-order valence-corrected chi connectivity index (χ3v) is 13.8. The lowest BCUT2D eigenvalue weighted by molar-refractivity contribution is 0.103. The molecule has 2 N–H and O–H groups in total. The van der Waals surface area contributed by atoms with E-state index in [1.807, 2.05) is 12.1 Å². The molecule has 0 fully saturated rings. The Labute approximate surface area is 503 Å². The Morgan fingerprint density at radius 3 is 1.00 bits per heavy atom. The number of allylic oxidation sites excluding steroid dienone is 4. The average Bonchev–Trinajstić information content (AvgIpc) is 1.95. The number of carbonyl (C=O) groups excluding carboxylic acids is 4. The summed E-state index contributed by atoms with van der Waals surface area (Å²) in [5, 5.41) is 22.1. The second kappa shape index (κ2) is 28.4. The first-order valence-electron chi connectivity index (χ1n) is 26.7. The zero-order valence-electron chi connectivity index (χ0n) is 49.3. The zero-order chi connectivity index (χ0) is 62.3. The van der Waals surface area contributed by atoms with Crippen LogP contribution in [0.25, 0.3) is 46.6 Å². The van der Waals surface area contributed by atoms with Gasteiger partial charge in [0.1, 0.15) is 68.6 Å². The predicted octanol–water partition coefficient (Wildman–Crippen LogP) is 13.9. The van der Waals surface area contributed by atoms with Crippen LogP contribution in [0.4, 0.5) is 0 Å². The Kier molecular flexibility index (Phi) is 20.2. The summed E-state index contributed by atoms with van der Waals surface area (Å²) in [4.78, 5) is 55.2. The summed E-state index contributed by atoms with van der Waals surface area (Å²) in [6, 6.07) is 36.5. The Morgan fingerprint density at radius 2 is 0.667 bits per heavy atom. The van der Waals surface area contributed by atoms with Crippen molar-refractivity contribution in [3.05, 3.63) is 202 Å². The van der Waals surface area contributed by atoms with E-state index in [0.717, 1.165) is 0 Å². The van der Waals surface area contributed by atoms with Gasteiger partial charge in [0.2, 0.25) is 0 Å². The van der Waals surface area contributed by atoms with E-state index in [4.69, 9.17) is 52.1 Å². The number of aromatic hydroxyl groups is 2. The van der Waals surface area contributed by atoms with Gasteiger partial charge in [-0.15, -0.1) is 0 Å². The molecule has 0 aliphatic carbocycles.